The molecular formula is C14H23Cl2N3OS. The van der Waals surface area contributed by atoms with Crippen LogP contribution in [0.15, 0.2) is 11.6 Å². The molecule has 2 fully saturated rings. The highest BCUT2D eigenvalue weighted by molar-refractivity contribution is 7.09. The topological polar surface area (TPSA) is 54.0 Å². The Morgan fingerprint density at radius 3 is 2.90 bits per heavy atom. The van der Waals surface area contributed by atoms with Crippen molar-refractivity contribution in [2.45, 2.75) is 50.6 Å². The molecule has 0 radical (unpaired) electrons. The van der Waals surface area contributed by atoms with E-state index in [4.69, 9.17) is 0 Å². The summed E-state index contributed by atoms with van der Waals surface area (Å²) >= 11 is 1.65. The average molecular weight is 352 g/mol. The summed E-state index contributed by atoms with van der Waals surface area (Å²) in [6.45, 7) is 0.694. The van der Waals surface area contributed by atoms with Gasteiger partial charge in [0, 0.05) is 30.6 Å². The number of hydrogen-bond donors (Lipinski definition) is 2. The minimum Gasteiger partial charge on any atom is -0.354 e. The van der Waals surface area contributed by atoms with Crippen LogP contribution in [0.3, 0.4) is 0 Å². The maximum absolute atomic E-state index is 12.1. The molecule has 1 aliphatic heterocycles. The Labute approximate surface area is 142 Å². The summed E-state index contributed by atoms with van der Waals surface area (Å²) in [5.74, 6) is 0.898. The van der Waals surface area contributed by atoms with Gasteiger partial charge in [0.05, 0.1) is 11.0 Å². The number of nitrogens with zero attached hydrogens (tertiary/aromatic N) is 1. The predicted molar refractivity (Wildman–Crippen MR) is 90.6 cm³/mol. The molecule has 0 spiro atoms. The smallest absolute Gasteiger partial charge is 0.237 e. The standard InChI is InChI=1S/C14H21N3OS.2ClH/c18-14(16-6-5-13-15-7-8-19-13)12-9-10-3-1-2-4-11(10)17-12;;/h7-8,10-12,17H,1-6,9H2,(H,16,18);2*1H. The van der Waals surface area contributed by atoms with Crippen molar-refractivity contribution in [2.75, 3.05) is 6.54 Å². The van der Waals surface area contributed by atoms with Crippen LogP contribution in [0.1, 0.15) is 37.1 Å². The van der Waals surface area contributed by atoms with Gasteiger partial charge in [0.1, 0.15) is 0 Å². The summed E-state index contributed by atoms with van der Waals surface area (Å²) in [5.41, 5.74) is 0. The van der Waals surface area contributed by atoms with E-state index in [-0.39, 0.29) is 36.8 Å². The van der Waals surface area contributed by atoms with Crippen molar-refractivity contribution in [1.29, 1.82) is 0 Å². The fourth-order valence-corrected chi connectivity index (χ4v) is 3.93. The van der Waals surface area contributed by atoms with E-state index in [2.05, 4.69) is 15.6 Å². The molecule has 120 valence electrons. The average Bonchev–Trinajstić information content (AvgIpc) is 3.07. The van der Waals surface area contributed by atoms with E-state index in [0.29, 0.717) is 12.6 Å². The van der Waals surface area contributed by atoms with Gasteiger partial charge in [-0.05, 0) is 25.2 Å². The number of carbonyl (C=O) groups excluding carboxylic acids is 1. The SMILES string of the molecule is Cl.Cl.O=C(NCCc1nccs1)C1CC2CCCCC2N1. The second-order valence-corrected chi connectivity index (χ2v) is 6.55. The van der Waals surface area contributed by atoms with Gasteiger partial charge in [-0.2, -0.15) is 0 Å². The number of fused-ring (bicyclic) bond motifs is 1. The predicted octanol–water partition coefficient (Wildman–Crippen LogP) is 2.57. The highest BCUT2D eigenvalue weighted by Crippen LogP contribution is 2.33. The zero-order valence-corrected chi connectivity index (χ0v) is 14.4. The van der Waals surface area contributed by atoms with E-state index >= 15 is 0 Å². The number of rotatable bonds is 4. The summed E-state index contributed by atoms with van der Waals surface area (Å²) in [4.78, 5) is 16.3. The summed E-state index contributed by atoms with van der Waals surface area (Å²) in [6.07, 6.45) is 8.85. The normalized spacial score (nSPS) is 27.1. The molecule has 1 aromatic heterocycles. The Morgan fingerprint density at radius 2 is 2.19 bits per heavy atom. The number of aromatic nitrogens is 1. The largest absolute Gasteiger partial charge is 0.354 e. The second-order valence-electron chi connectivity index (χ2n) is 5.57. The van der Waals surface area contributed by atoms with Crippen molar-refractivity contribution >= 4 is 42.1 Å². The number of nitrogens with one attached hydrogen (secondary N) is 2. The van der Waals surface area contributed by atoms with Crippen molar-refractivity contribution in [1.82, 2.24) is 15.6 Å². The number of hydrogen-bond acceptors (Lipinski definition) is 4. The van der Waals surface area contributed by atoms with Crippen LogP contribution in [0.25, 0.3) is 0 Å². The van der Waals surface area contributed by atoms with Crippen LogP contribution in [0.2, 0.25) is 0 Å². The Morgan fingerprint density at radius 1 is 1.38 bits per heavy atom. The molecule has 2 aliphatic rings. The first kappa shape index (κ1) is 18.7. The first-order chi connectivity index (χ1) is 9.33. The number of carbonyl (C=O) groups is 1. The molecule has 3 rings (SSSR count). The van der Waals surface area contributed by atoms with Crippen LogP contribution < -0.4 is 10.6 Å². The van der Waals surface area contributed by atoms with E-state index < -0.39 is 0 Å². The first-order valence-corrected chi connectivity index (χ1v) is 8.13. The van der Waals surface area contributed by atoms with Gasteiger partial charge in [-0.25, -0.2) is 4.98 Å². The van der Waals surface area contributed by atoms with Gasteiger partial charge < -0.3 is 10.6 Å². The Balaban J connectivity index is 0.00000110. The monoisotopic (exact) mass is 351 g/mol. The number of amides is 1. The third-order valence-corrected chi connectivity index (χ3v) is 5.14. The number of halogens is 2. The summed E-state index contributed by atoms with van der Waals surface area (Å²) in [5, 5.41) is 9.61. The molecule has 1 aliphatic carbocycles. The van der Waals surface area contributed by atoms with Crippen LogP contribution in [0.5, 0.6) is 0 Å². The van der Waals surface area contributed by atoms with Crippen molar-refractivity contribution in [3.05, 3.63) is 16.6 Å². The van der Waals surface area contributed by atoms with Gasteiger partial charge in [-0.15, -0.1) is 36.2 Å². The van der Waals surface area contributed by atoms with E-state index in [1.807, 2.05) is 11.6 Å². The minimum atomic E-state index is 0. The van der Waals surface area contributed by atoms with Crippen LogP contribution >= 0.6 is 36.2 Å². The lowest BCUT2D eigenvalue weighted by Crippen LogP contribution is -2.43. The molecule has 4 nitrogen and oxygen atoms in total. The molecule has 0 aromatic carbocycles. The third-order valence-electron chi connectivity index (χ3n) is 4.30. The zero-order chi connectivity index (χ0) is 13.1. The molecule has 1 amide bonds. The highest BCUT2D eigenvalue weighted by atomic mass is 35.5. The molecule has 3 atom stereocenters. The minimum absolute atomic E-state index is 0. The third kappa shape index (κ3) is 4.81. The summed E-state index contributed by atoms with van der Waals surface area (Å²) in [7, 11) is 0. The van der Waals surface area contributed by atoms with E-state index in [1.54, 1.807) is 11.3 Å². The second kappa shape index (κ2) is 8.93. The van der Waals surface area contributed by atoms with E-state index in [1.165, 1.54) is 25.7 Å². The van der Waals surface area contributed by atoms with Crippen LogP contribution in [-0.2, 0) is 11.2 Å². The lowest BCUT2D eigenvalue weighted by molar-refractivity contribution is -0.122. The molecule has 0 bridgehead atoms. The Kier molecular flexibility index (Phi) is 7.95. The van der Waals surface area contributed by atoms with Crippen molar-refractivity contribution in [3.63, 3.8) is 0 Å². The van der Waals surface area contributed by atoms with Crippen LogP contribution in [0, 0.1) is 5.92 Å². The van der Waals surface area contributed by atoms with Gasteiger partial charge in [-0.3, -0.25) is 4.79 Å². The van der Waals surface area contributed by atoms with Gasteiger partial charge in [0.2, 0.25) is 5.91 Å². The Hall–Kier alpha value is -0.360. The maximum Gasteiger partial charge on any atom is 0.237 e. The molecule has 21 heavy (non-hydrogen) atoms. The van der Waals surface area contributed by atoms with Crippen molar-refractivity contribution in [2.24, 2.45) is 5.92 Å². The molecule has 1 saturated heterocycles. The van der Waals surface area contributed by atoms with E-state index in [0.717, 1.165) is 23.8 Å². The first-order valence-electron chi connectivity index (χ1n) is 7.25. The highest BCUT2D eigenvalue weighted by Gasteiger charge is 2.37. The maximum atomic E-state index is 12.1. The van der Waals surface area contributed by atoms with Crippen molar-refractivity contribution in [3.8, 4) is 0 Å². The summed E-state index contributed by atoms with van der Waals surface area (Å²) in [6, 6.07) is 0.618. The lowest BCUT2D eigenvalue weighted by Gasteiger charge is -2.24. The van der Waals surface area contributed by atoms with Crippen LogP contribution in [-0.4, -0.2) is 29.5 Å². The fraction of sp³-hybridized carbons (Fsp3) is 0.714. The van der Waals surface area contributed by atoms with E-state index in [9.17, 15) is 4.79 Å². The van der Waals surface area contributed by atoms with Gasteiger partial charge in [0.15, 0.2) is 0 Å². The molecule has 2 N–H and O–H groups in total. The van der Waals surface area contributed by atoms with Gasteiger partial charge in [0.25, 0.3) is 0 Å². The molecule has 7 heteroatoms. The lowest BCUT2D eigenvalue weighted by atomic mass is 9.85. The Bertz CT molecular complexity index is 416. The molecular weight excluding hydrogens is 329 g/mol. The van der Waals surface area contributed by atoms with Gasteiger partial charge in [-0.1, -0.05) is 12.8 Å². The fourth-order valence-electron chi connectivity index (χ4n) is 3.31. The summed E-state index contributed by atoms with van der Waals surface area (Å²) < 4.78 is 0. The van der Waals surface area contributed by atoms with Crippen LogP contribution in [0.4, 0.5) is 0 Å². The zero-order valence-electron chi connectivity index (χ0n) is 11.9. The quantitative estimate of drug-likeness (QED) is 0.876. The van der Waals surface area contributed by atoms with Gasteiger partial charge >= 0.3 is 0 Å². The molecule has 2 heterocycles. The van der Waals surface area contributed by atoms with Crippen molar-refractivity contribution < 1.29 is 4.79 Å². The molecule has 1 aromatic rings. The molecule has 1 saturated carbocycles. The molecule has 3 unspecified atom stereocenters. The number of thiazole rings is 1.